The number of carbonyl (C=O) groups is 2. The predicted molar refractivity (Wildman–Crippen MR) is 80.2 cm³/mol. The van der Waals surface area contributed by atoms with Gasteiger partial charge in [-0.3, -0.25) is 9.59 Å². The lowest BCUT2D eigenvalue weighted by molar-refractivity contribution is -0.133. The van der Waals surface area contributed by atoms with Gasteiger partial charge in [0.2, 0.25) is 11.8 Å². The highest BCUT2D eigenvalue weighted by atomic mass is 16.5. The quantitative estimate of drug-likeness (QED) is 0.826. The molecule has 1 fully saturated rings. The average Bonchev–Trinajstić information content (AvgIpc) is 3.01. The van der Waals surface area contributed by atoms with Gasteiger partial charge in [0.05, 0.1) is 0 Å². The van der Waals surface area contributed by atoms with E-state index in [1.165, 1.54) is 0 Å². The molecule has 0 unspecified atom stereocenters. The summed E-state index contributed by atoms with van der Waals surface area (Å²) in [6, 6.07) is 9.02. The Morgan fingerprint density at radius 1 is 1.38 bits per heavy atom. The molecule has 1 aromatic rings. The van der Waals surface area contributed by atoms with E-state index in [9.17, 15) is 9.59 Å². The number of primary amides is 1. The van der Waals surface area contributed by atoms with Crippen LogP contribution in [0.15, 0.2) is 36.4 Å². The molecule has 1 saturated heterocycles. The molecule has 2 atom stereocenters. The Kier molecular flexibility index (Phi) is 5.51. The second-order valence-electron chi connectivity index (χ2n) is 5.01. The Morgan fingerprint density at radius 2 is 2.14 bits per heavy atom. The van der Waals surface area contributed by atoms with Crippen molar-refractivity contribution in [1.82, 2.24) is 5.32 Å². The van der Waals surface area contributed by atoms with Gasteiger partial charge in [0.1, 0.15) is 12.1 Å². The first-order chi connectivity index (χ1) is 10.2. The molecule has 3 N–H and O–H groups in total. The van der Waals surface area contributed by atoms with Gasteiger partial charge in [-0.25, -0.2) is 0 Å². The Labute approximate surface area is 124 Å². The summed E-state index contributed by atoms with van der Waals surface area (Å²) in [5, 5.41) is 2.65. The van der Waals surface area contributed by atoms with E-state index in [1.54, 1.807) is 0 Å². The Morgan fingerprint density at radius 3 is 2.76 bits per heavy atom. The molecule has 5 heteroatoms. The number of carbonyl (C=O) groups excluding carboxylic acids is 2. The van der Waals surface area contributed by atoms with E-state index in [0.29, 0.717) is 19.4 Å². The number of rotatable bonds is 6. The molecule has 1 aliphatic rings. The predicted octanol–water partition coefficient (Wildman–Crippen LogP) is 1.24. The van der Waals surface area contributed by atoms with Gasteiger partial charge in [0, 0.05) is 6.61 Å². The molecule has 1 heterocycles. The van der Waals surface area contributed by atoms with E-state index in [2.05, 4.69) is 5.32 Å². The number of nitrogens with two attached hydrogens (primary N) is 1. The van der Waals surface area contributed by atoms with Gasteiger partial charge in [-0.15, -0.1) is 0 Å². The van der Waals surface area contributed by atoms with Crippen LogP contribution in [0.5, 0.6) is 0 Å². The molecule has 1 aliphatic heterocycles. The summed E-state index contributed by atoms with van der Waals surface area (Å²) in [6.45, 7) is 0.591. The molecule has 2 amide bonds. The molecular weight excluding hydrogens is 268 g/mol. The summed E-state index contributed by atoms with van der Waals surface area (Å²) in [5.74, 6) is -0.802. The monoisotopic (exact) mass is 288 g/mol. The van der Waals surface area contributed by atoms with Crippen LogP contribution in [-0.2, 0) is 14.3 Å². The first kappa shape index (κ1) is 15.3. The van der Waals surface area contributed by atoms with Crippen molar-refractivity contribution in [2.24, 2.45) is 5.73 Å². The molecule has 5 nitrogen and oxygen atoms in total. The van der Waals surface area contributed by atoms with Crippen molar-refractivity contribution in [3.63, 3.8) is 0 Å². The summed E-state index contributed by atoms with van der Waals surface area (Å²) in [7, 11) is 0. The molecule has 0 radical (unpaired) electrons. The fourth-order valence-corrected chi connectivity index (χ4v) is 2.20. The zero-order valence-corrected chi connectivity index (χ0v) is 11.8. The van der Waals surface area contributed by atoms with Gasteiger partial charge in [-0.05, 0) is 24.8 Å². The maximum Gasteiger partial charge on any atom is 0.249 e. The molecule has 0 aliphatic carbocycles. The van der Waals surface area contributed by atoms with E-state index in [0.717, 1.165) is 12.0 Å². The maximum absolute atomic E-state index is 11.9. The molecule has 112 valence electrons. The summed E-state index contributed by atoms with van der Waals surface area (Å²) in [5.41, 5.74) is 6.37. The average molecular weight is 288 g/mol. The van der Waals surface area contributed by atoms with Crippen LogP contribution in [0.25, 0.3) is 6.08 Å². The van der Waals surface area contributed by atoms with Gasteiger partial charge in [-0.1, -0.05) is 42.5 Å². The van der Waals surface area contributed by atoms with Crippen molar-refractivity contribution in [3.05, 3.63) is 42.0 Å². The second-order valence-corrected chi connectivity index (χ2v) is 5.01. The lowest BCUT2D eigenvalue weighted by Crippen LogP contribution is -2.47. The Hall–Kier alpha value is -2.14. The molecule has 0 spiro atoms. The zero-order chi connectivity index (χ0) is 15.1. The third kappa shape index (κ3) is 4.72. The van der Waals surface area contributed by atoms with E-state index >= 15 is 0 Å². The standard InChI is InChI=1S/C16H20N2O3/c17-15(19)13(18-16(20)14-10-5-11-21-14)9-4-8-12-6-2-1-3-7-12/h1-4,6-8,13-14H,5,9-11H2,(H2,17,19)(H,18,20)/b8-4+/t13-,14+/m1/s1. The molecule has 0 saturated carbocycles. The molecule has 0 bridgehead atoms. The van der Waals surface area contributed by atoms with Crippen molar-refractivity contribution in [3.8, 4) is 0 Å². The minimum Gasteiger partial charge on any atom is -0.368 e. The van der Waals surface area contributed by atoms with E-state index in [4.69, 9.17) is 10.5 Å². The van der Waals surface area contributed by atoms with Gasteiger partial charge in [0.25, 0.3) is 0 Å². The third-order valence-electron chi connectivity index (χ3n) is 3.36. The highest BCUT2D eigenvalue weighted by Crippen LogP contribution is 2.12. The number of amides is 2. The van der Waals surface area contributed by atoms with Crippen molar-refractivity contribution in [1.29, 1.82) is 0 Å². The Bertz CT molecular complexity index is 508. The number of benzene rings is 1. The van der Waals surface area contributed by atoms with Crippen molar-refractivity contribution in [2.45, 2.75) is 31.4 Å². The molecule has 0 aromatic heterocycles. The molecular formula is C16H20N2O3. The van der Waals surface area contributed by atoms with Crippen molar-refractivity contribution < 1.29 is 14.3 Å². The van der Waals surface area contributed by atoms with Gasteiger partial charge < -0.3 is 15.8 Å². The van der Waals surface area contributed by atoms with Gasteiger partial charge >= 0.3 is 0 Å². The van der Waals surface area contributed by atoms with Crippen LogP contribution < -0.4 is 11.1 Å². The van der Waals surface area contributed by atoms with Crippen LogP contribution in [0.4, 0.5) is 0 Å². The first-order valence-electron chi connectivity index (χ1n) is 7.09. The number of nitrogens with one attached hydrogen (secondary N) is 1. The molecule has 21 heavy (non-hydrogen) atoms. The normalized spacial score (nSPS) is 19.5. The molecule has 1 aromatic carbocycles. The lowest BCUT2D eigenvalue weighted by Gasteiger charge is -2.16. The van der Waals surface area contributed by atoms with E-state index in [1.807, 2.05) is 42.5 Å². The van der Waals surface area contributed by atoms with Crippen LogP contribution in [0.1, 0.15) is 24.8 Å². The van der Waals surface area contributed by atoms with Crippen LogP contribution in [0.2, 0.25) is 0 Å². The fraction of sp³-hybridized carbons (Fsp3) is 0.375. The zero-order valence-electron chi connectivity index (χ0n) is 11.8. The summed E-state index contributed by atoms with van der Waals surface area (Å²) in [4.78, 5) is 23.4. The minimum absolute atomic E-state index is 0.260. The summed E-state index contributed by atoms with van der Waals surface area (Å²) in [6.07, 6.45) is 5.20. The topological polar surface area (TPSA) is 81.4 Å². The van der Waals surface area contributed by atoms with E-state index < -0.39 is 18.1 Å². The SMILES string of the molecule is NC(=O)[C@@H](C/C=C/c1ccccc1)NC(=O)[C@@H]1CCCO1. The van der Waals surface area contributed by atoms with Gasteiger partial charge in [-0.2, -0.15) is 0 Å². The van der Waals surface area contributed by atoms with Crippen LogP contribution in [0, 0.1) is 0 Å². The smallest absolute Gasteiger partial charge is 0.249 e. The highest BCUT2D eigenvalue weighted by Gasteiger charge is 2.26. The Balaban J connectivity index is 1.88. The maximum atomic E-state index is 11.9. The van der Waals surface area contributed by atoms with Gasteiger partial charge in [0.15, 0.2) is 0 Å². The largest absolute Gasteiger partial charge is 0.368 e. The van der Waals surface area contributed by atoms with Crippen molar-refractivity contribution >= 4 is 17.9 Å². The third-order valence-corrected chi connectivity index (χ3v) is 3.36. The lowest BCUT2D eigenvalue weighted by atomic mass is 10.1. The first-order valence-corrected chi connectivity index (χ1v) is 7.09. The van der Waals surface area contributed by atoms with Crippen LogP contribution in [0.3, 0.4) is 0 Å². The van der Waals surface area contributed by atoms with Crippen molar-refractivity contribution in [2.75, 3.05) is 6.61 Å². The summed E-state index contributed by atoms with van der Waals surface area (Å²) < 4.78 is 5.29. The van der Waals surface area contributed by atoms with E-state index in [-0.39, 0.29) is 5.91 Å². The molecule has 2 rings (SSSR count). The number of hydrogen-bond acceptors (Lipinski definition) is 3. The minimum atomic E-state index is -0.707. The number of hydrogen-bond donors (Lipinski definition) is 2. The fourth-order valence-electron chi connectivity index (χ4n) is 2.20. The second kappa shape index (κ2) is 7.59. The highest BCUT2D eigenvalue weighted by molar-refractivity contribution is 5.88. The summed E-state index contributed by atoms with van der Waals surface area (Å²) >= 11 is 0. The number of ether oxygens (including phenoxy) is 1. The van der Waals surface area contributed by atoms with Crippen LogP contribution in [-0.4, -0.2) is 30.6 Å². The van der Waals surface area contributed by atoms with Crippen LogP contribution >= 0.6 is 0 Å².